The Bertz CT molecular complexity index is 322. The fourth-order valence-corrected chi connectivity index (χ4v) is 1.69. The van der Waals surface area contributed by atoms with Crippen molar-refractivity contribution in [2.45, 2.75) is 32.1 Å². The van der Waals surface area contributed by atoms with Gasteiger partial charge in [0.2, 0.25) is 0 Å². The summed E-state index contributed by atoms with van der Waals surface area (Å²) in [4.78, 5) is 0. The van der Waals surface area contributed by atoms with E-state index < -0.39 is 0 Å². The van der Waals surface area contributed by atoms with E-state index in [1.807, 2.05) is 18.2 Å². The molecule has 0 aliphatic carbocycles. The molecule has 1 atom stereocenters. The van der Waals surface area contributed by atoms with E-state index in [1.165, 1.54) is 0 Å². The van der Waals surface area contributed by atoms with Gasteiger partial charge in [-0.25, -0.2) is 0 Å². The molecule has 1 aromatic carbocycles. The van der Waals surface area contributed by atoms with E-state index in [2.05, 4.69) is 12.8 Å². The van der Waals surface area contributed by atoms with Gasteiger partial charge in [0.05, 0.1) is 0 Å². The van der Waals surface area contributed by atoms with Crippen LogP contribution in [0.2, 0.25) is 0 Å². The van der Waals surface area contributed by atoms with Crippen molar-refractivity contribution in [3.63, 3.8) is 0 Å². The minimum Gasteiger partial charge on any atom is -0.508 e. The molecule has 14 heavy (non-hydrogen) atoms. The average Bonchev–Trinajstić information content (AvgIpc) is 2.18. The fraction of sp³-hybridized carbons (Fsp3) is 0.385. The van der Waals surface area contributed by atoms with Gasteiger partial charge in [0.25, 0.3) is 0 Å². The van der Waals surface area contributed by atoms with Gasteiger partial charge in [-0.05, 0) is 24.0 Å². The van der Waals surface area contributed by atoms with Gasteiger partial charge in [-0.15, -0.1) is 12.3 Å². The molecule has 0 aliphatic rings. The Kier molecular flexibility index (Phi) is 4.07. The van der Waals surface area contributed by atoms with Crippen LogP contribution in [0.5, 0.6) is 5.75 Å². The fourth-order valence-electron chi connectivity index (χ4n) is 1.69. The largest absolute Gasteiger partial charge is 0.508 e. The van der Waals surface area contributed by atoms with E-state index in [9.17, 15) is 5.11 Å². The first-order chi connectivity index (χ1) is 6.79. The highest BCUT2D eigenvalue weighted by Crippen LogP contribution is 2.30. The summed E-state index contributed by atoms with van der Waals surface area (Å²) in [5.74, 6) is 3.33. The molecule has 1 aromatic rings. The smallest absolute Gasteiger partial charge is 0.119 e. The van der Waals surface area contributed by atoms with Crippen LogP contribution < -0.4 is 0 Å². The molecule has 1 unspecified atom stereocenters. The van der Waals surface area contributed by atoms with Crippen LogP contribution >= 0.6 is 0 Å². The Labute approximate surface area is 85.8 Å². The maximum Gasteiger partial charge on any atom is 0.119 e. The van der Waals surface area contributed by atoms with Crippen molar-refractivity contribution >= 4 is 0 Å². The van der Waals surface area contributed by atoms with Crippen molar-refractivity contribution in [2.24, 2.45) is 0 Å². The van der Waals surface area contributed by atoms with Crippen molar-refractivity contribution in [1.29, 1.82) is 0 Å². The Morgan fingerprint density at radius 2 is 2.14 bits per heavy atom. The number of phenols is 1. The van der Waals surface area contributed by atoms with Gasteiger partial charge in [0.15, 0.2) is 0 Å². The van der Waals surface area contributed by atoms with Crippen molar-refractivity contribution in [3.05, 3.63) is 29.8 Å². The van der Waals surface area contributed by atoms with E-state index in [1.54, 1.807) is 6.07 Å². The second kappa shape index (κ2) is 5.34. The zero-order valence-electron chi connectivity index (χ0n) is 8.53. The van der Waals surface area contributed by atoms with Crippen LogP contribution in [0.3, 0.4) is 0 Å². The lowest BCUT2D eigenvalue weighted by Gasteiger charge is -2.14. The summed E-state index contributed by atoms with van der Waals surface area (Å²) in [6.45, 7) is 2.13. The molecule has 0 fully saturated rings. The van der Waals surface area contributed by atoms with Crippen molar-refractivity contribution in [1.82, 2.24) is 0 Å². The molecule has 0 saturated heterocycles. The van der Waals surface area contributed by atoms with Crippen molar-refractivity contribution < 1.29 is 5.11 Å². The number of hydrogen-bond acceptors (Lipinski definition) is 1. The molecule has 1 rings (SSSR count). The van der Waals surface area contributed by atoms with Gasteiger partial charge in [-0.3, -0.25) is 0 Å². The third kappa shape index (κ3) is 2.53. The monoisotopic (exact) mass is 188 g/mol. The lowest BCUT2D eigenvalue weighted by atomic mass is 9.91. The summed E-state index contributed by atoms with van der Waals surface area (Å²) >= 11 is 0. The molecule has 0 spiro atoms. The summed E-state index contributed by atoms with van der Waals surface area (Å²) in [5, 5.41) is 9.67. The summed E-state index contributed by atoms with van der Waals surface area (Å²) in [5.41, 5.74) is 0.979. The number of aromatic hydroxyl groups is 1. The van der Waals surface area contributed by atoms with Crippen molar-refractivity contribution in [3.8, 4) is 18.1 Å². The quantitative estimate of drug-likeness (QED) is 0.719. The topological polar surface area (TPSA) is 20.2 Å². The third-order valence-electron chi connectivity index (χ3n) is 2.38. The van der Waals surface area contributed by atoms with Crippen LogP contribution in [0.25, 0.3) is 0 Å². The van der Waals surface area contributed by atoms with E-state index in [4.69, 9.17) is 6.42 Å². The highest BCUT2D eigenvalue weighted by molar-refractivity contribution is 5.35. The molecule has 74 valence electrons. The third-order valence-corrected chi connectivity index (χ3v) is 2.38. The molecular formula is C13H16O. The Hall–Kier alpha value is -1.42. The van der Waals surface area contributed by atoms with Crippen LogP contribution in [0.1, 0.15) is 37.7 Å². The first-order valence-electron chi connectivity index (χ1n) is 5.01. The highest BCUT2D eigenvalue weighted by atomic mass is 16.3. The zero-order chi connectivity index (χ0) is 10.4. The number of benzene rings is 1. The number of phenolic OH excluding ortho intramolecular Hbond substituents is 1. The predicted molar refractivity (Wildman–Crippen MR) is 59.2 cm³/mol. The van der Waals surface area contributed by atoms with Crippen LogP contribution in [-0.2, 0) is 0 Å². The summed E-state index contributed by atoms with van der Waals surface area (Å²) in [6.07, 6.45) is 8.13. The second-order valence-corrected chi connectivity index (χ2v) is 3.45. The molecule has 0 bridgehead atoms. The van der Waals surface area contributed by atoms with Gasteiger partial charge < -0.3 is 5.11 Å². The summed E-state index contributed by atoms with van der Waals surface area (Å²) < 4.78 is 0. The SMILES string of the molecule is C#CCC(CCC)c1ccccc1O. The lowest BCUT2D eigenvalue weighted by molar-refractivity contribution is 0.457. The van der Waals surface area contributed by atoms with Crippen LogP contribution in [0, 0.1) is 12.3 Å². The first kappa shape index (κ1) is 10.7. The molecule has 0 aliphatic heterocycles. The van der Waals surface area contributed by atoms with Gasteiger partial charge in [-0.2, -0.15) is 0 Å². The van der Waals surface area contributed by atoms with Crippen molar-refractivity contribution in [2.75, 3.05) is 0 Å². The van der Waals surface area contributed by atoms with E-state index >= 15 is 0 Å². The average molecular weight is 188 g/mol. The minimum atomic E-state index is 0.297. The van der Waals surface area contributed by atoms with Crippen LogP contribution in [0.4, 0.5) is 0 Å². The summed E-state index contributed by atoms with van der Waals surface area (Å²) in [7, 11) is 0. The Morgan fingerprint density at radius 3 is 2.71 bits per heavy atom. The predicted octanol–water partition coefficient (Wildman–Crippen LogP) is 3.30. The van der Waals surface area contributed by atoms with Crippen LogP contribution in [0.15, 0.2) is 24.3 Å². The van der Waals surface area contributed by atoms with Gasteiger partial charge >= 0.3 is 0 Å². The summed E-state index contributed by atoms with van der Waals surface area (Å²) in [6, 6.07) is 7.44. The van der Waals surface area contributed by atoms with E-state index in [0.29, 0.717) is 18.1 Å². The molecule has 0 radical (unpaired) electrons. The Morgan fingerprint density at radius 1 is 1.43 bits per heavy atom. The van der Waals surface area contributed by atoms with Gasteiger partial charge in [0.1, 0.15) is 5.75 Å². The number of hydrogen-bond donors (Lipinski definition) is 1. The molecular weight excluding hydrogens is 172 g/mol. The number of rotatable bonds is 4. The number of para-hydroxylation sites is 1. The maximum absolute atomic E-state index is 9.67. The molecule has 1 heteroatoms. The lowest BCUT2D eigenvalue weighted by Crippen LogP contribution is -1.97. The van der Waals surface area contributed by atoms with E-state index in [0.717, 1.165) is 18.4 Å². The number of terminal acetylenes is 1. The second-order valence-electron chi connectivity index (χ2n) is 3.45. The molecule has 0 heterocycles. The first-order valence-corrected chi connectivity index (χ1v) is 5.01. The van der Waals surface area contributed by atoms with E-state index in [-0.39, 0.29) is 0 Å². The zero-order valence-corrected chi connectivity index (χ0v) is 8.53. The van der Waals surface area contributed by atoms with Gasteiger partial charge in [0, 0.05) is 6.42 Å². The maximum atomic E-state index is 9.67. The standard InChI is InChI=1S/C13H16O/c1-3-7-11(8-4-2)12-9-5-6-10-13(12)14/h1,5-6,9-11,14H,4,7-8H2,2H3. The molecule has 0 aromatic heterocycles. The molecule has 0 saturated carbocycles. The highest BCUT2D eigenvalue weighted by Gasteiger charge is 2.12. The van der Waals surface area contributed by atoms with Crippen LogP contribution in [-0.4, -0.2) is 5.11 Å². The Balaban J connectivity index is 2.88. The normalized spacial score (nSPS) is 12.0. The molecule has 1 N–H and O–H groups in total. The minimum absolute atomic E-state index is 0.297. The van der Waals surface area contributed by atoms with Gasteiger partial charge in [-0.1, -0.05) is 31.5 Å². The molecule has 1 nitrogen and oxygen atoms in total. The molecule has 0 amide bonds.